The molecule has 1 amide bonds. The van der Waals surface area contributed by atoms with Gasteiger partial charge in [-0.2, -0.15) is 0 Å². The minimum atomic E-state index is -0.833. The summed E-state index contributed by atoms with van der Waals surface area (Å²) in [6.45, 7) is 2.17. The Labute approximate surface area is 189 Å². The van der Waals surface area contributed by atoms with Crippen molar-refractivity contribution in [2.45, 2.75) is 13.8 Å². The maximum Gasteiger partial charge on any atom is 0.300 e. The quantitative estimate of drug-likeness (QED) is 0.284. The van der Waals surface area contributed by atoms with Crippen LogP contribution in [-0.2, 0) is 33.9 Å². The van der Waals surface area contributed by atoms with Gasteiger partial charge < -0.3 is 15.6 Å². The number of amides is 1. The molecule has 0 spiro atoms. The molecule has 2 rings (SSSR count). The van der Waals surface area contributed by atoms with Crippen molar-refractivity contribution in [1.29, 1.82) is 0 Å². The van der Waals surface area contributed by atoms with Crippen molar-refractivity contribution in [3.05, 3.63) is 64.1 Å². The Kier molecular flexibility index (Phi) is 15.2. The van der Waals surface area contributed by atoms with Crippen LogP contribution in [0.15, 0.2) is 58.5 Å². The number of carboxylic acids is 2. The number of carbonyl (C=O) groups is 4. The number of carboxylic acid groups (broad SMARTS) is 2. The van der Waals surface area contributed by atoms with Crippen LogP contribution in [0.3, 0.4) is 0 Å². The first kappa shape index (κ1) is 28.7. The van der Waals surface area contributed by atoms with E-state index in [4.69, 9.17) is 43.0 Å². The zero-order valence-electron chi connectivity index (χ0n) is 15.5. The molecule has 0 radical (unpaired) electrons. The monoisotopic (exact) mass is 493 g/mol. The molecule has 152 valence electrons. The molecule has 0 unspecified atom stereocenters. The second-order valence-electron chi connectivity index (χ2n) is 4.82. The van der Waals surface area contributed by atoms with Crippen LogP contribution >= 0.6 is 23.2 Å². The summed E-state index contributed by atoms with van der Waals surface area (Å²) in [5, 5.41) is 15.2. The normalized spacial score (nSPS) is 13.1. The van der Waals surface area contributed by atoms with Crippen LogP contribution in [0.5, 0.6) is 0 Å². The summed E-state index contributed by atoms with van der Waals surface area (Å²) in [4.78, 5) is 45.2. The maximum absolute atomic E-state index is 11.7. The van der Waals surface area contributed by atoms with Crippen molar-refractivity contribution in [2.24, 2.45) is 0 Å². The number of pyridine rings is 1. The van der Waals surface area contributed by atoms with Gasteiger partial charge in [0.1, 0.15) is 0 Å². The van der Waals surface area contributed by atoms with E-state index in [0.29, 0.717) is 10.6 Å². The number of allylic oxidation sites excluding steroid dienone is 5. The van der Waals surface area contributed by atoms with Gasteiger partial charge in [-0.05, 0) is 24.3 Å². The first-order valence-electron chi connectivity index (χ1n) is 7.38. The topological polar surface area (TPSA) is 146 Å². The molecule has 0 saturated heterocycles. The third-order valence-electron chi connectivity index (χ3n) is 2.39. The van der Waals surface area contributed by atoms with Crippen LogP contribution in [-0.4, -0.2) is 38.8 Å². The number of hydrazine groups is 1. The van der Waals surface area contributed by atoms with E-state index >= 15 is 0 Å². The fourth-order valence-electron chi connectivity index (χ4n) is 1.44. The van der Waals surface area contributed by atoms with Crippen LogP contribution in [0, 0.1) is 0 Å². The number of aromatic nitrogens is 1. The van der Waals surface area contributed by atoms with E-state index in [1.54, 1.807) is 12.1 Å². The van der Waals surface area contributed by atoms with Crippen LogP contribution in [0.1, 0.15) is 24.2 Å². The maximum atomic E-state index is 11.7. The summed E-state index contributed by atoms with van der Waals surface area (Å²) in [6, 6.07) is 3.12. The van der Waals surface area contributed by atoms with E-state index in [-0.39, 0.29) is 41.8 Å². The molecule has 0 aliphatic heterocycles. The minimum Gasteiger partial charge on any atom is -0.481 e. The van der Waals surface area contributed by atoms with Gasteiger partial charge in [-0.25, -0.2) is 0 Å². The average molecular weight is 496 g/mol. The SMILES string of the molecule is CC(=O)O.CC(=O)O.O=C1C(Cl)=CC(Cl)=C/C1=C/NNC(=O)c1ccncc1.[Zn]. The largest absolute Gasteiger partial charge is 0.481 e. The molecule has 0 atom stereocenters. The molecule has 1 aromatic rings. The molecule has 1 aliphatic carbocycles. The van der Waals surface area contributed by atoms with Crippen LogP contribution in [0.25, 0.3) is 0 Å². The Balaban J connectivity index is 0. The van der Waals surface area contributed by atoms with E-state index in [0.717, 1.165) is 13.8 Å². The number of nitrogens with one attached hydrogen (secondary N) is 2. The van der Waals surface area contributed by atoms with Crippen LogP contribution < -0.4 is 10.9 Å². The molecular weight excluding hydrogens is 478 g/mol. The first-order valence-corrected chi connectivity index (χ1v) is 8.14. The first-order chi connectivity index (χ1) is 13.0. The van der Waals surface area contributed by atoms with E-state index in [2.05, 4.69) is 15.8 Å². The molecular formula is C17H17Cl2N3O6Zn. The standard InChI is InChI=1S/C13H9Cl2N3O2.2C2H4O2.Zn/c14-10-5-9(12(19)11(15)6-10)7-17-18-13(20)8-1-3-16-4-2-8;2*1-2(3)4;/h1-7,17H,(H,18,20);2*1H3,(H,3,4);/b9-7-;;;. The Hall–Kier alpha value is -2.55. The summed E-state index contributed by atoms with van der Waals surface area (Å²) >= 11 is 11.5. The van der Waals surface area contributed by atoms with Gasteiger partial charge in [-0.15, -0.1) is 0 Å². The van der Waals surface area contributed by atoms with E-state index in [1.165, 1.54) is 30.7 Å². The molecule has 0 saturated carbocycles. The van der Waals surface area contributed by atoms with Crippen LogP contribution in [0.2, 0.25) is 0 Å². The van der Waals surface area contributed by atoms with Gasteiger partial charge in [-0.3, -0.25) is 29.6 Å². The minimum absolute atomic E-state index is 0. The Bertz CT molecular complexity index is 806. The number of hydrogen-bond acceptors (Lipinski definition) is 6. The second kappa shape index (κ2) is 15.4. The third kappa shape index (κ3) is 14.2. The smallest absolute Gasteiger partial charge is 0.300 e. The van der Waals surface area contributed by atoms with Crippen LogP contribution in [0.4, 0.5) is 0 Å². The molecule has 0 fully saturated rings. The van der Waals surface area contributed by atoms with Gasteiger partial charge in [0.05, 0.1) is 5.03 Å². The number of carbonyl (C=O) groups excluding carboxylic acids is 2. The molecule has 4 N–H and O–H groups in total. The Morgan fingerprint density at radius 2 is 1.52 bits per heavy atom. The summed E-state index contributed by atoms with van der Waals surface area (Å²) in [5.74, 6) is -2.40. The van der Waals surface area contributed by atoms with Gasteiger partial charge >= 0.3 is 0 Å². The number of hydrogen-bond donors (Lipinski definition) is 4. The number of rotatable bonds is 3. The fraction of sp³-hybridized carbons (Fsp3) is 0.118. The van der Waals surface area contributed by atoms with E-state index < -0.39 is 11.9 Å². The second-order valence-corrected chi connectivity index (χ2v) is 5.67. The molecule has 1 aliphatic rings. The molecule has 1 heterocycles. The number of nitrogens with zero attached hydrogens (tertiary/aromatic N) is 1. The molecule has 0 aromatic carbocycles. The Morgan fingerprint density at radius 1 is 1.03 bits per heavy atom. The molecule has 0 bridgehead atoms. The third-order valence-corrected chi connectivity index (χ3v) is 2.89. The molecule has 1 aromatic heterocycles. The fourth-order valence-corrected chi connectivity index (χ4v) is 1.95. The number of halogens is 2. The van der Waals surface area contributed by atoms with Crippen molar-refractivity contribution in [2.75, 3.05) is 0 Å². The van der Waals surface area contributed by atoms with Gasteiger partial charge in [0.2, 0.25) is 5.78 Å². The van der Waals surface area contributed by atoms with Crippen molar-refractivity contribution in [1.82, 2.24) is 15.8 Å². The Morgan fingerprint density at radius 3 is 2.00 bits per heavy atom. The van der Waals surface area contributed by atoms with Gasteiger partial charge in [0.15, 0.2) is 0 Å². The van der Waals surface area contributed by atoms with Crippen molar-refractivity contribution in [3.8, 4) is 0 Å². The van der Waals surface area contributed by atoms with Crippen molar-refractivity contribution < 1.29 is 48.9 Å². The summed E-state index contributed by atoms with van der Waals surface area (Å²) < 4.78 is 0. The van der Waals surface area contributed by atoms with Gasteiger partial charge in [0.25, 0.3) is 17.8 Å². The van der Waals surface area contributed by atoms with E-state index in [1.807, 2.05) is 0 Å². The van der Waals surface area contributed by atoms with Crippen molar-refractivity contribution >= 4 is 46.8 Å². The average Bonchev–Trinajstić information content (AvgIpc) is 2.58. The van der Waals surface area contributed by atoms with Gasteiger partial charge in [0, 0.05) is 68.1 Å². The molecule has 12 heteroatoms. The van der Waals surface area contributed by atoms with Crippen molar-refractivity contribution in [3.63, 3.8) is 0 Å². The predicted octanol–water partition coefficient (Wildman–Crippen LogP) is 2.21. The predicted molar refractivity (Wildman–Crippen MR) is 102 cm³/mol. The summed E-state index contributed by atoms with van der Waals surface area (Å²) in [7, 11) is 0. The summed E-state index contributed by atoms with van der Waals surface area (Å²) in [6.07, 6.45) is 7.13. The zero-order valence-corrected chi connectivity index (χ0v) is 20.0. The zero-order chi connectivity index (χ0) is 21.7. The molecule has 29 heavy (non-hydrogen) atoms. The number of ketones is 1. The number of Topliss-reactive ketones (excluding diaryl/α,β-unsaturated/α-hetero) is 1. The summed E-state index contributed by atoms with van der Waals surface area (Å²) in [5.41, 5.74) is 5.63. The van der Waals surface area contributed by atoms with E-state index in [9.17, 15) is 9.59 Å². The molecule has 9 nitrogen and oxygen atoms in total. The number of aliphatic carboxylic acids is 2. The van der Waals surface area contributed by atoms with Gasteiger partial charge in [-0.1, -0.05) is 23.2 Å².